The molecule has 2 nitrogen and oxygen atoms in total. The second kappa shape index (κ2) is 3.08. The molecule has 78 valence electrons. The predicted molar refractivity (Wildman–Crippen MR) is 61.5 cm³/mol. The third-order valence-electron chi connectivity index (χ3n) is 3.59. The standard InChI is InChI=1S/C12H12BrNO/c13-10-3-1-2-9-8(10)4-6-12(9)7-5-11(15)14-12/h1-3H,4-7H2,(H,14,15). The summed E-state index contributed by atoms with van der Waals surface area (Å²) in [7, 11) is 0. The van der Waals surface area contributed by atoms with E-state index in [1.54, 1.807) is 0 Å². The molecule has 2 aliphatic rings. The molecule has 1 N–H and O–H groups in total. The van der Waals surface area contributed by atoms with Crippen molar-refractivity contribution in [3.05, 3.63) is 33.8 Å². The lowest BCUT2D eigenvalue weighted by molar-refractivity contribution is -0.119. The lowest BCUT2D eigenvalue weighted by Crippen LogP contribution is -2.36. The number of carbonyl (C=O) groups is 1. The molecular weight excluding hydrogens is 254 g/mol. The minimum atomic E-state index is -0.0454. The van der Waals surface area contributed by atoms with E-state index in [9.17, 15) is 4.79 Å². The van der Waals surface area contributed by atoms with E-state index in [1.165, 1.54) is 15.6 Å². The third kappa shape index (κ3) is 1.26. The van der Waals surface area contributed by atoms with Crippen molar-refractivity contribution in [1.82, 2.24) is 5.32 Å². The van der Waals surface area contributed by atoms with Crippen molar-refractivity contribution in [3.8, 4) is 0 Å². The summed E-state index contributed by atoms with van der Waals surface area (Å²) in [5, 5.41) is 3.15. The second-order valence-electron chi connectivity index (χ2n) is 4.40. The Morgan fingerprint density at radius 2 is 2.07 bits per heavy atom. The Kier molecular flexibility index (Phi) is 1.93. The lowest BCUT2D eigenvalue weighted by Gasteiger charge is -2.24. The van der Waals surface area contributed by atoms with E-state index >= 15 is 0 Å². The van der Waals surface area contributed by atoms with Crippen molar-refractivity contribution >= 4 is 21.8 Å². The molecular formula is C12H12BrNO. The van der Waals surface area contributed by atoms with Crippen LogP contribution < -0.4 is 5.32 Å². The Morgan fingerprint density at radius 1 is 1.27 bits per heavy atom. The molecule has 3 rings (SSSR count). The molecule has 1 spiro atoms. The van der Waals surface area contributed by atoms with Crippen LogP contribution in [0.1, 0.15) is 30.4 Å². The van der Waals surface area contributed by atoms with Crippen molar-refractivity contribution in [2.75, 3.05) is 0 Å². The summed E-state index contributed by atoms with van der Waals surface area (Å²) in [5.41, 5.74) is 2.65. The fourth-order valence-electron chi connectivity index (χ4n) is 2.84. The van der Waals surface area contributed by atoms with Gasteiger partial charge in [-0.15, -0.1) is 0 Å². The Morgan fingerprint density at radius 3 is 2.80 bits per heavy atom. The first kappa shape index (κ1) is 9.40. The summed E-state index contributed by atoms with van der Waals surface area (Å²) in [6.07, 6.45) is 3.75. The molecule has 1 aromatic carbocycles. The number of fused-ring (bicyclic) bond motifs is 2. The average molecular weight is 266 g/mol. The summed E-state index contributed by atoms with van der Waals surface area (Å²) < 4.78 is 1.18. The summed E-state index contributed by atoms with van der Waals surface area (Å²) in [4.78, 5) is 11.4. The molecule has 1 fully saturated rings. The summed E-state index contributed by atoms with van der Waals surface area (Å²) in [6, 6.07) is 6.29. The van der Waals surface area contributed by atoms with Crippen LogP contribution in [0.5, 0.6) is 0 Å². The molecule has 1 aromatic rings. The van der Waals surface area contributed by atoms with Crippen LogP contribution in [0.2, 0.25) is 0 Å². The van der Waals surface area contributed by atoms with E-state index < -0.39 is 0 Å². The van der Waals surface area contributed by atoms with Crippen LogP contribution in [-0.4, -0.2) is 5.91 Å². The van der Waals surface area contributed by atoms with E-state index in [4.69, 9.17) is 0 Å². The molecule has 1 saturated heterocycles. The van der Waals surface area contributed by atoms with Gasteiger partial charge in [0.2, 0.25) is 5.91 Å². The maximum absolute atomic E-state index is 11.4. The van der Waals surface area contributed by atoms with Gasteiger partial charge < -0.3 is 5.32 Å². The highest BCUT2D eigenvalue weighted by Gasteiger charge is 2.44. The van der Waals surface area contributed by atoms with Crippen LogP contribution in [0.3, 0.4) is 0 Å². The number of benzene rings is 1. The largest absolute Gasteiger partial charge is 0.347 e. The highest BCUT2D eigenvalue weighted by molar-refractivity contribution is 9.10. The van der Waals surface area contributed by atoms with Gasteiger partial charge in [0, 0.05) is 10.9 Å². The Labute approximate surface area is 97.2 Å². The second-order valence-corrected chi connectivity index (χ2v) is 5.25. The van der Waals surface area contributed by atoms with Gasteiger partial charge in [-0.25, -0.2) is 0 Å². The van der Waals surface area contributed by atoms with Crippen LogP contribution in [0.25, 0.3) is 0 Å². The number of amides is 1. The number of nitrogens with one attached hydrogen (secondary N) is 1. The topological polar surface area (TPSA) is 29.1 Å². The highest BCUT2D eigenvalue weighted by Crippen LogP contribution is 2.45. The van der Waals surface area contributed by atoms with E-state index in [0.29, 0.717) is 6.42 Å². The van der Waals surface area contributed by atoms with Gasteiger partial charge in [0.15, 0.2) is 0 Å². The van der Waals surface area contributed by atoms with Crippen molar-refractivity contribution in [2.45, 2.75) is 31.2 Å². The SMILES string of the molecule is O=C1CCC2(CCc3c(Br)cccc32)N1. The maximum atomic E-state index is 11.4. The molecule has 0 radical (unpaired) electrons. The fourth-order valence-corrected chi connectivity index (χ4v) is 3.41. The van der Waals surface area contributed by atoms with Crippen molar-refractivity contribution < 1.29 is 4.79 Å². The monoisotopic (exact) mass is 265 g/mol. The molecule has 1 unspecified atom stereocenters. The van der Waals surface area contributed by atoms with E-state index in [1.807, 2.05) is 0 Å². The van der Waals surface area contributed by atoms with Crippen molar-refractivity contribution in [3.63, 3.8) is 0 Å². The predicted octanol–water partition coefficient (Wildman–Crippen LogP) is 2.50. The van der Waals surface area contributed by atoms with Gasteiger partial charge >= 0.3 is 0 Å². The van der Waals surface area contributed by atoms with Crippen LogP contribution >= 0.6 is 15.9 Å². The van der Waals surface area contributed by atoms with Crippen molar-refractivity contribution in [2.24, 2.45) is 0 Å². The van der Waals surface area contributed by atoms with E-state index in [-0.39, 0.29) is 11.4 Å². The van der Waals surface area contributed by atoms with Crippen LogP contribution in [-0.2, 0) is 16.8 Å². The summed E-state index contributed by atoms with van der Waals surface area (Å²) in [6.45, 7) is 0. The van der Waals surface area contributed by atoms with E-state index in [2.05, 4.69) is 39.4 Å². The van der Waals surface area contributed by atoms with Gasteiger partial charge in [0.25, 0.3) is 0 Å². The van der Waals surface area contributed by atoms with Gasteiger partial charge in [-0.2, -0.15) is 0 Å². The zero-order chi connectivity index (χ0) is 10.5. The Balaban J connectivity index is 2.12. The Hall–Kier alpha value is -0.830. The number of halogens is 1. The van der Waals surface area contributed by atoms with Gasteiger partial charge in [-0.1, -0.05) is 28.1 Å². The number of hydrogen-bond donors (Lipinski definition) is 1. The lowest BCUT2D eigenvalue weighted by atomic mass is 9.90. The summed E-state index contributed by atoms with van der Waals surface area (Å²) in [5.74, 6) is 0.197. The van der Waals surface area contributed by atoms with Crippen molar-refractivity contribution in [1.29, 1.82) is 0 Å². The number of rotatable bonds is 0. The highest BCUT2D eigenvalue weighted by atomic mass is 79.9. The Bertz CT molecular complexity index is 443. The van der Waals surface area contributed by atoms with Crippen LogP contribution in [0.15, 0.2) is 22.7 Å². The summed E-state index contributed by atoms with van der Waals surface area (Å²) >= 11 is 3.58. The molecule has 1 aliphatic carbocycles. The van der Waals surface area contributed by atoms with Gasteiger partial charge in [0.1, 0.15) is 0 Å². The molecule has 1 amide bonds. The van der Waals surface area contributed by atoms with Gasteiger partial charge in [-0.3, -0.25) is 4.79 Å². The molecule has 0 saturated carbocycles. The minimum absolute atomic E-state index is 0.0454. The maximum Gasteiger partial charge on any atom is 0.220 e. The van der Waals surface area contributed by atoms with Crippen LogP contribution in [0.4, 0.5) is 0 Å². The first-order chi connectivity index (χ1) is 7.21. The first-order valence-corrected chi connectivity index (χ1v) is 6.09. The molecule has 0 bridgehead atoms. The molecule has 0 aromatic heterocycles. The molecule has 1 aliphatic heterocycles. The molecule has 3 heteroatoms. The van der Waals surface area contributed by atoms with Gasteiger partial charge in [-0.05, 0) is 36.5 Å². The molecule has 1 heterocycles. The smallest absolute Gasteiger partial charge is 0.220 e. The average Bonchev–Trinajstić information content (AvgIpc) is 2.75. The molecule has 15 heavy (non-hydrogen) atoms. The zero-order valence-corrected chi connectivity index (χ0v) is 9.93. The first-order valence-electron chi connectivity index (χ1n) is 5.30. The van der Waals surface area contributed by atoms with Crippen LogP contribution in [0, 0.1) is 0 Å². The number of carbonyl (C=O) groups excluding carboxylic acids is 1. The molecule has 1 atom stereocenters. The minimum Gasteiger partial charge on any atom is -0.347 e. The quantitative estimate of drug-likeness (QED) is 0.768. The normalized spacial score (nSPS) is 28.2. The fraction of sp³-hybridized carbons (Fsp3) is 0.417. The number of hydrogen-bond acceptors (Lipinski definition) is 1. The third-order valence-corrected chi connectivity index (χ3v) is 4.34. The zero-order valence-electron chi connectivity index (χ0n) is 8.35. The van der Waals surface area contributed by atoms with E-state index in [0.717, 1.165) is 19.3 Å². The van der Waals surface area contributed by atoms with Gasteiger partial charge in [0.05, 0.1) is 5.54 Å².